The van der Waals surface area contributed by atoms with Crippen molar-refractivity contribution in [1.29, 1.82) is 0 Å². The maximum absolute atomic E-state index is 10.6. The average molecular weight is 295 g/mol. The zero-order valence-electron chi connectivity index (χ0n) is 11.6. The second-order valence-electron chi connectivity index (χ2n) is 5.70. The summed E-state index contributed by atoms with van der Waals surface area (Å²) in [5, 5.41) is 11.7. The largest absolute Gasteiger partial charge is 0.391 e. The second kappa shape index (κ2) is 6.61. The van der Waals surface area contributed by atoms with Gasteiger partial charge in [0.15, 0.2) is 0 Å². The van der Waals surface area contributed by atoms with Gasteiger partial charge in [-0.2, -0.15) is 0 Å². The number of rotatable bonds is 3. The number of aromatic amines is 1. The summed E-state index contributed by atoms with van der Waals surface area (Å²) in [5.74, 6) is 0.359. The van der Waals surface area contributed by atoms with Crippen LogP contribution in [0.5, 0.6) is 0 Å². The van der Waals surface area contributed by atoms with Gasteiger partial charge in [-0.3, -0.25) is 0 Å². The van der Waals surface area contributed by atoms with E-state index in [1.165, 1.54) is 19.3 Å². The van der Waals surface area contributed by atoms with E-state index in [-0.39, 0.29) is 18.4 Å². The lowest BCUT2D eigenvalue weighted by molar-refractivity contribution is 0.0622. The van der Waals surface area contributed by atoms with E-state index in [0.29, 0.717) is 5.92 Å². The van der Waals surface area contributed by atoms with Gasteiger partial charge in [0.1, 0.15) is 0 Å². The minimum absolute atomic E-state index is 0. The van der Waals surface area contributed by atoms with Gasteiger partial charge in [-0.05, 0) is 36.5 Å². The molecule has 1 aliphatic rings. The van der Waals surface area contributed by atoms with E-state index in [2.05, 4.69) is 4.98 Å². The second-order valence-corrected chi connectivity index (χ2v) is 5.70. The fourth-order valence-electron chi connectivity index (χ4n) is 3.35. The minimum atomic E-state index is -0.430. The predicted molar refractivity (Wildman–Crippen MR) is 85.1 cm³/mol. The van der Waals surface area contributed by atoms with Crippen LogP contribution in [0.2, 0.25) is 0 Å². The Morgan fingerprint density at radius 3 is 2.65 bits per heavy atom. The van der Waals surface area contributed by atoms with Gasteiger partial charge in [-0.15, -0.1) is 12.4 Å². The summed E-state index contributed by atoms with van der Waals surface area (Å²) in [7, 11) is 0. The molecule has 4 N–H and O–H groups in total. The first-order valence-electron chi connectivity index (χ1n) is 7.27. The number of fused-ring (bicyclic) bond motifs is 1. The Balaban J connectivity index is 0.00000147. The van der Waals surface area contributed by atoms with Crippen LogP contribution < -0.4 is 5.73 Å². The summed E-state index contributed by atoms with van der Waals surface area (Å²) in [6.07, 6.45) is 7.46. The number of nitrogens with two attached hydrogens (primary N) is 1. The van der Waals surface area contributed by atoms with Crippen LogP contribution >= 0.6 is 12.4 Å². The lowest BCUT2D eigenvalue weighted by Crippen LogP contribution is -2.34. The molecule has 1 heterocycles. The van der Waals surface area contributed by atoms with E-state index in [4.69, 9.17) is 5.73 Å². The molecule has 0 amide bonds. The van der Waals surface area contributed by atoms with Crippen LogP contribution in [-0.4, -0.2) is 16.2 Å². The molecule has 1 saturated carbocycles. The number of aromatic nitrogens is 1. The van der Waals surface area contributed by atoms with Gasteiger partial charge in [0.05, 0.1) is 12.1 Å². The highest BCUT2D eigenvalue weighted by Crippen LogP contribution is 2.33. The number of halogens is 1. The Labute approximate surface area is 126 Å². The molecule has 3 nitrogen and oxygen atoms in total. The van der Waals surface area contributed by atoms with Crippen LogP contribution in [0.1, 0.15) is 43.7 Å². The molecular weight excluding hydrogens is 272 g/mol. The normalized spacial score (nSPS) is 19.5. The molecule has 0 spiro atoms. The smallest absolute Gasteiger partial charge is 0.0761 e. The maximum atomic E-state index is 10.6. The van der Waals surface area contributed by atoms with Gasteiger partial charge in [0.2, 0.25) is 0 Å². The third kappa shape index (κ3) is 2.85. The molecule has 20 heavy (non-hydrogen) atoms. The van der Waals surface area contributed by atoms with Crippen molar-refractivity contribution in [3.05, 3.63) is 36.0 Å². The Morgan fingerprint density at radius 2 is 1.90 bits per heavy atom. The SMILES string of the molecule is Cl.N[C@H](c1cccc2[nH]ccc12)[C@@H](O)C1CCCCC1. The Morgan fingerprint density at radius 1 is 1.15 bits per heavy atom. The molecule has 0 radical (unpaired) electrons. The van der Waals surface area contributed by atoms with Crippen molar-refractivity contribution in [1.82, 2.24) is 4.98 Å². The van der Waals surface area contributed by atoms with Crippen LogP contribution in [0.3, 0.4) is 0 Å². The molecule has 2 atom stereocenters. The molecular formula is C16H23ClN2O. The number of aliphatic hydroxyl groups is 1. The Bertz CT molecular complexity index is 548. The van der Waals surface area contributed by atoms with Gasteiger partial charge in [-0.1, -0.05) is 31.4 Å². The molecule has 1 fully saturated rings. The Kier molecular flexibility index (Phi) is 5.08. The van der Waals surface area contributed by atoms with Crippen LogP contribution in [-0.2, 0) is 0 Å². The molecule has 4 heteroatoms. The minimum Gasteiger partial charge on any atom is -0.391 e. The number of H-pyrrole nitrogens is 1. The number of benzene rings is 1. The van der Waals surface area contributed by atoms with Crippen LogP contribution in [0.15, 0.2) is 30.5 Å². The average Bonchev–Trinajstić information content (AvgIpc) is 2.95. The highest BCUT2D eigenvalue weighted by Gasteiger charge is 2.28. The van der Waals surface area contributed by atoms with Crippen molar-refractivity contribution in [2.45, 2.75) is 44.2 Å². The fourth-order valence-corrected chi connectivity index (χ4v) is 3.35. The van der Waals surface area contributed by atoms with Gasteiger partial charge < -0.3 is 15.8 Å². The van der Waals surface area contributed by atoms with Crippen molar-refractivity contribution < 1.29 is 5.11 Å². The third-order valence-corrected chi connectivity index (χ3v) is 4.49. The molecule has 0 aliphatic heterocycles. The summed E-state index contributed by atoms with van der Waals surface area (Å²) < 4.78 is 0. The van der Waals surface area contributed by atoms with Crippen molar-refractivity contribution in [3.8, 4) is 0 Å². The lowest BCUT2D eigenvalue weighted by atomic mass is 9.81. The van der Waals surface area contributed by atoms with Crippen LogP contribution in [0.4, 0.5) is 0 Å². The molecule has 3 rings (SSSR count). The van der Waals surface area contributed by atoms with Crippen molar-refractivity contribution in [3.63, 3.8) is 0 Å². The first-order chi connectivity index (χ1) is 9.27. The van der Waals surface area contributed by atoms with Gasteiger partial charge >= 0.3 is 0 Å². The van der Waals surface area contributed by atoms with Crippen molar-refractivity contribution in [2.75, 3.05) is 0 Å². The van der Waals surface area contributed by atoms with E-state index >= 15 is 0 Å². The van der Waals surface area contributed by atoms with E-state index < -0.39 is 6.10 Å². The number of hydrogen-bond acceptors (Lipinski definition) is 2. The third-order valence-electron chi connectivity index (χ3n) is 4.49. The summed E-state index contributed by atoms with van der Waals surface area (Å²) in [4.78, 5) is 3.20. The van der Waals surface area contributed by atoms with Gasteiger partial charge in [0, 0.05) is 17.1 Å². The van der Waals surface area contributed by atoms with E-state index in [0.717, 1.165) is 29.3 Å². The maximum Gasteiger partial charge on any atom is 0.0761 e. The van der Waals surface area contributed by atoms with Crippen LogP contribution in [0.25, 0.3) is 10.9 Å². The number of hydrogen-bond donors (Lipinski definition) is 3. The molecule has 0 saturated heterocycles. The molecule has 0 bridgehead atoms. The van der Waals surface area contributed by atoms with Crippen molar-refractivity contribution in [2.24, 2.45) is 11.7 Å². The van der Waals surface area contributed by atoms with E-state index in [1.807, 2.05) is 30.5 Å². The monoisotopic (exact) mass is 294 g/mol. The molecule has 1 aromatic carbocycles. The molecule has 2 aromatic rings. The Hall–Kier alpha value is -1.03. The lowest BCUT2D eigenvalue weighted by Gasteiger charge is -2.30. The first-order valence-corrected chi connectivity index (χ1v) is 7.27. The summed E-state index contributed by atoms with van der Waals surface area (Å²) >= 11 is 0. The van der Waals surface area contributed by atoms with E-state index in [9.17, 15) is 5.11 Å². The highest BCUT2D eigenvalue weighted by molar-refractivity contribution is 5.85. The molecule has 1 aromatic heterocycles. The predicted octanol–water partition coefficient (Wildman–Crippen LogP) is 3.53. The zero-order valence-corrected chi connectivity index (χ0v) is 12.4. The highest BCUT2D eigenvalue weighted by atomic mass is 35.5. The first kappa shape index (κ1) is 15.4. The number of nitrogens with one attached hydrogen (secondary N) is 1. The number of aliphatic hydroxyl groups excluding tert-OH is 1. The summed E-state index contributed by atoms with van der Waals surface area (Å²) in [6, 6.07) is 7.83. The van der Waals surface area contributed by atoms with Gasteiger partial charge in [-0.25, -0.2) is 0 Å². The molecule has 0 unspecified atom stereocenters. The van der Waals surface area contributed by atoms with Crippen LogP contribution in [0, 0.1) is 5.92 Å². The standard InChI is InChI=1S/C16H22N2O.ClH/c17-15(16(19)11-5-2-1-3-6-11)13-7-4-8-14-12(13)9-10-18-14;/h4,7-11,15-16,18-19H,1-3,5-6,17H2;1H/t15-,16+;/m1./s1. The topological polar surface area (TPSA) is 62.0 Å². The molecule has 110 valence electrons. The van der Waals surface area contributed by atoms with E-state index in [1.54, 1.807) is 0 Å². The van der Waals surface area contributed by atoms with Crippen molar-refractivity contribution >= 4 is 23.3 Å². The molecule has 1 aliphatic carbocycles. The quantitative estimate of drug-likeness (QED) is 0.811. The fraction of sp³-hybridized carbons (Fsp3) is 0.500. The summed E-state index contributed by atoms with van der Waals surface area (Å²) in [6.45, 7) is 0. The zero-order chi connectivity index (χ0) is 13.2. The van der Waals surface area contributed by atoms with Gasteiger partial charge in [0.25, 0.3) is 0 Å². The summed E-state index contributed by atoms with van der Waals surface area (Å²) in [5.41, 5.74) is 8.47.